The van der Waals surface area contributed by atoms with Crippen molar-refractivity contribution in [3.8, 4) is 0 Å². The highest BCUT2D eigenvalue weighted by molar-refractivity contribution is 5.76. The molecule has 9 heteroatoms. The zero-order valence-corrected chi connectivity index (χ0v) is 37.4. The average Bonchev–Trinajstić information content (AvgIpc) is 3.21. The van der Waals surface area contributed by atoms with E-state index in [0.717, 1.165) is 38.5 Å². The molecule has 0 saturated carbocycles. The molecule has 9 nitrogen and oxygen atoms in total. The highest BCUT2D eigenvalue weighted by Gasteiger charge is 2.44. The van der Waals surface area contributed by atoms with E-state index in [9.17, 15) is 30.3 Å². The molecule has 1 heterocycles. The van der Waals surface area contributed by atoms with Crippen LogP contribution in [0.3, 0.4) is 0 Å². The van der Waals surface area contributed by atoms with Gasteiger partial charge in [-0.1, -0.05) is 226 Å². The predicted molar refractivity (Wildman–Crippen MR) is 235 cm³/mol. The van der Waals surface area contributed by atoms with Gasteiger partial charge in [0.05, 0.1) is 25.4 Å². The van der Waals surface area contributed by atoms with Crippen LogP contribution in [0.5, 0.6) is 0 Å². The summed E-state index contributed by atoms with van der Waals surface area (Å²) in [6.07, 6.45) is 36.8. The van der Waals surface area contributed by atoms with Crippen LogP contribution in [-0.4, -0.2) is 87.5 Å². The van der Waals surface area contributed by atoms with Crippen LogP contribution >= 0.6 is 0 Å². The molecule has 6 N–H and O–H groups in total. The standard InChI is InChI=1S/C48H95NO8/c1-3-5-7-9-11-13-15-17-18-19-20-21-22-23-24-26-28-30-32-34-36-38-44(52)49-41(40-56-48-47(55)46(54)45(53)43(39-50)57-48)42(51)37-35-33-31-29-27-25-16-14-12-10-8-6-4-2/h41-43,45-48,50-51,53-55H,3-40H2,1-2H3,(H,49,52)/t41?,42?,43-,45+,46+,47-,48?/m1/s1. The predicted octanol–water partition coefficient (Wildman–Crippen LogP) is 10.7. The lowest BCUT2D eigenvalue weighted by atomic mass is 9.99. The molecule has 1 saturated heterocycles. The Labute approximate surface area is 351 Å². The Morgan fingerprint density at radius 2 is 0.877 bits per heavy atom. The van der Waals surface area contributed by atoms with E-state index in [2.05, 4.69) is 19.2 Å². The number of amides is 1. The zero-order valence-electron chi connectivity index (χ0n) is 37.4. The fourth-order valence-electron chi connectivity index (χ4n) is 8.22. The summed E-state index contributed by atoms with van der Waals surface area (Å²) in [4.78, 5) is 13.0. The van der Waals surface area contributed by atoms with Crippen LogP contribution in [0.1, 0.15) is 245 Å². The first-order valence-electron chi connectivity index (χ1n) is 24.7. The van der Waals surface area contributed by atoms with Crippen molar-refractivity contribution in [2.75, 3.05) is 13.2 Å². The topological polar surface area (TPSA) is 149 Å². The van der Waals surface area contributed by atoms with Crippen LogP contribution in [0.15, 0.2) is 0 Å². The van der Waals surface area contributed by atoms with E-state index >= 15 is 0 Å². The minimum atomic E-state index is -1.55. The van der Waals surface area contributed by atoms with E-state index < -0.39 is 49.5 Å². The average molecular weight is 814 g/mol. The Hall–Kier alpha value is -0.810. The van der Waals surface area contributed by atoms with Crippen molar-refractivity contribution in [1.29, 1.82) is 0 Å². The van der Waals surface area contributed by atoms with Crippen LogP contribution in [0.25, 0.3) is 0 Å². The van der Waals surface area contributed by atoms with E-state index in [1.807, 2.05) is 0 Å². The zero-order chi connectivity index (χ0) is 41.6. The van der Waals surface area contributed by atoms with Crippen molar-refractivity contribution >= 4 is 5.91 Å². The summed E-state index contributed by atoms with van der Waals surface area (Å²) in [6.45, 7) is 3.85. The van der Waals surface area contributed by atoms with E-state index in [1.165, 1.54) is 180 Å². The quantitative estimate of drug-likeness (QED) is 0.0334. The number of aliphatic hydroxyl groups excluding tert-OH is 5. The summed E-state index contributed by atoms with van der Waals surface area (Å²) in [5.74, 6) is -0.139. The maximum Gasteiger partial charge on any atom is 0.220 e. The molecule has 0 aliphatic carbocycles. The van der Waals surface area contributed by atoms with Crippen LogP contribution < -0.4 is 5.32 Å². The summed E-state index contributed by atoms with van der Waals surface area (Å²) >= 11 is 0. The van der Waals surface area contributed by atoms with Crippen molar-refractivity contribution in [3.63, 3.8) is 0 Å². The summed E-state index contributed by atoms with van der Waals surface area (Å²) in [7, 11) is 0. The third-order valence-electron chi connectivity index (χ3n) is 12.2. The summed E-state index contributed by atoms with van der Waals surface area (Å²) < 4.78 is 11.3. The van der Waals surface area contributed by atoms with Gasteiger partial charge in [0.2, 0.25) is 5.91 Å². The van der Waals surface area contributed by atoms with Crippen LogP contribution in [0, 0.1) is 0 Å². The molecule has 1 rings (SSSR count). The van der Waals surface area contributed by atoms with E-state index in [4.69, 9.17) is 9.47 Å². The van der Waals surface area contributed by atoms with Gasteiger partial charge in [-0.05, 0) is 12.8 Å². The molecule has 340 valence electrons. The number of hydrogen-bond acceptors (Lipinski definition) is 8. The number of ether oxygens (including phenoxy) is 2. The molecule has 7 atom stereocenters. The molecular weight excluding hydrogens is 719 g/mol. The highest BCUT2D eigenvalue weighted by Crippen LogP contribution is 2.23. The minimum absolute atomic E-state index is 0.132. The van der Waals surface area contributed by atoms with Gasteiger partial charge >= 0.3 is 0 Å². The normalized spacial score (nSPS) is 20.9. The number of nitrogens with one attached hydrogen (secondary N) is 1. The van der Waals surface area contributed by atoms with Crippen molar-refractivity contribution in [2.24, 2.45) is 0 Å². The number of carbonyl (C=O) groups excluding carboxylic acids is 1. The second kappa shape index (κ2) is 39.3. The number of hydrogen-bond donors (Lipinski definition) is 6. The fourth-order valence-corrected chi connectivity index (χ4v) is 8.22. The first kappa shape index (κ1) is 54.2. The second-order valence-corrected chi connectivity index (χ2v) is 17.6. The summed E-state index contributed by atoms with van der Waals surface area (Å²) in [5, 5.41) is 54.4. The van der Waals surface area contributed by atoms with Gasteiger partial charge in [0.1, 0.15) is 24.4 Å². The molecule has 1 aliphatic rings. The molecule has 3 unspecified atom stereocenters. The third kappa shape index (κ3) is 30.0. The third-order valence-corrected chi connectivity index (χ3v) is 12.2. The fraction of sp³-hybridized carbons (Fsp3) is 0.979. The Morgan fingerprint density at radius 1 is 0.526 bits per heavy atom. The number of aliphatic hydroxyl groups is 5. The van der Waals surface area contributed by atoms with Gasteiger partial charge < -0.3 is 40.3 Å². The van der Waals surface area contributed by atoms with Gasteiger partial charge in [0.15, 0.2) is 6.29 Å². The summed E-state index contributed by atoms with van der Waals surface area (Å²) in [6, 6.07) is -0.711. The van der Waals surface area contributed by atoms with Gasteiger partial charge in [-0.2, -0.15) is 0 Å². The molecule has 57 heavy (non-hydrogen) atoms. The van der Waals surface area contributed by atoms with Crippen LogP contribution in [0.4, 0.5) is 0 Å². The molecule has 0 aromatic carbocycles. The van der Waals surface area contributed by atoms with Gasteiger partial charge in [-0.25, -0.2) is 0 Å². The monoisotopic (exact) mass is 814 g/mol. The molecule has 0 radical (unpaired) electrons. The van der Waals surface area contributed by atoms with E-state index in [0.29, 0.717) is 12.8 Å². The van der Waals surface area contributed by atoms with E-state index in [-0.39, 0.29) is 12.5 Å². The lowest BCUT2D eigenvalue weighted by Crippen LogP contribution is -2.60. The van der Waals surface area contributed by atoms with Gasteiger partial charge in [0, 0.05) is 6.42 Å². The largest absolute Gasteiger partial charge is 0.394 e. The smallest absolute Gasteiger partial charge is 0.220 e. The van der Waals surface area contributed by atoms with Gasteiger partial charge in [0.25, 0.3) is 0 Å². The molecule has 0 aromatic rings. The number of carbonyl (C=O) groups is 1. The Morgan fingerprint density at radius 3 is 1.25 bits per heavy atom. The van der Waals surface area contributed by atoms with Crippen molar-refractivity contribution < 1.29 is 39.8 Å². The second-order valence-electron chi connectivity index (χ2n) is 17.6. The van der Waals surface area contributed by atoms with Crippen molar-refractivity contribution in [1.82, 2.24) is 5.32 Å². The molecular formula is C48H95NO8. The minimum Gasteiger partial charge on any atom is -0.394 e. The molecule has 0 spiro atoms. The SMILES string of the molecule is CCCCCCCCCCCCCCCCCCCCCCCC(=O)NC(COC1O[C@H](CO)[C@H](O)[C@H](O)[C@H]1O)C(O)CCCCCCCCCCCCCCC. The molecule has 1 amide bonds. The molecule has 0 aromatic heterocycles. The number of rotatable bonds is 42. The number of unbranched alkanes of at least 4 members (excludes halogenated alkanes) is 32. The maximum atomic E-state index is 13.0. The maximum absolute atomic E-state index is 13.0. The highest BCUT2D eigenvalue weighted by atomic mass is 16.7. The summed E-state index contributed by atoms with van der Waals surface area (Å²) in [5.41, 5.74) is 0. The Balaban J connectivity index is 2.24. The first-order valence-corrected chi connectivity index (χ1v) is 24.7. The Bertz CT molecular complexity index is 862. The van der Waals surface area contributed by atoms with Crippen molar-refractivity contribution in [2.45, 2.75) is 288 Å². The first-order chi connectivity index (χ1) is 27.8. The Kier molecular flexibility index (Phi) is 37.4. The molecule has 0 bridgehead atoms. The van der Waals surface area contributed by atoms with Gasteiger partial charge in [-0.15, -0.1) is 0 Å². The molecule has 1 fully saturated rings. The van der Waals surface area contributed by atoms with Crippen LogP contribution in [0.2, 0.25) is 0 Å². The molecule has 1 aliphatic heterocycles. The van der Waals surface area contributed by atoms with Gasteiger partial charge in [-0.3, -0.25) is 4.79 Å². The lowest BCUT2D eigenvalue weighted by molar-refractivity contribution is -0.302. The van der Waals surface area contributed by atoms with Crippen molar-refractivity contribution in [3.05, 3.63) is 0 Å². The van der Waals surface area contributed by atoms with E-state index in [1.54, 1.807) is 0 Å². The lowest BCUT2D eigenvalue weighted by Gasteiger charge is -2.40. The van der Waals surface area contributed by atoms with Crippen LogP contribution in [-0.2, 0) is 14.3 Å².